The third-order valence-corrected chi connectivity index (χ3v) is 4.38. The summed E-state index contributed by atoms with van der Waals surface area (Å²) in [6, 6.07) is 5.32. The fourth-order valence-corrected chi connectivity index (χ4v) is 2.92. The van der Waals surface area contributed by atoms with Crippen molar-refractivity contribution in [1.29, 1.82) is 0 Å². The van der Waals surface area contributed by atoms with Gasteiger partial charge in [-0.3, -0.25) is 0 Å². The summed E-state index contributed by atoms with van der Waals surface area (Å²) < 4.78 is 11.3. The Morgan fingerprint density at radius 3 is 2.52 bits per heavy atom. The number of allylic oxidation sites excluding steroid dienone is 3. The largest absolute Gasteiger partial charge is 0.496 e. The van der Waals surface area contributed by atoms with Crippen LogP contribution in [0.2, 0.25) is 0 Å². The molecule has 1 aromatic carbocycles. The lowest BCUT2D eigenvalue weighted by molar-refractivity contribution is 0.193. The van der Waals surface area contributed by atoms with Crippen molar-refractivity contribution in [2.45, 2.75) is 12.2 Å². The van der Waals surface area contributed by atoms with Gasteiger partial charge in [0.2, 0.25) is 0 Å². The van der Waals surface area contributed by atoms with Gasteiger partial charge in [0, 0.05) is 5.56 Å². The van der Waals surface area contributed by atoms with Crippen LogP contribution in [0.5, 0.6) is 5.75 Å². The van der Waals surface area contributed by atoms with E-state index in [-0.39, 0.29) is 0 Å². The third-order valence-electron chi connectivity index (χ3n) is 3.26. The number of halogens is 1. The van der Waals surface area contributed by atoms with Crippen molar-refractivity contribution < 1.29 is 19.7 Å². The van der Waals surface area contributed by atoms with E-state index >= 15 is 0 Å². The lowest BCUT2D eigenvalue weighted by atomic mass is 9.95. The van der Waals surface area contributed by atoms with Gasteiger partial charge in [-0.1, -0.05) is 30.4 Å². The van der Waals surface area contributed by atoms with Gasteiger partial charge in [0.05, 0.1) is 23.9 Å². The topological polar surface area (TPSA) is 58.9 Å². The molecule has 0 radical (unpaired) electrons. The van der Waals surface area contributed by atoms with E-state index < -0.39 is 12.2 Å². The van der Waals surface area contributed by atoms with Gasteiger partial charge in [-0.15, -0.1) is 0 Å². The fraction of sp³-hybridized carbons (Fsp3) is 0.250. The molecule has 1 aromatic rings. The molecule has 0 aliphatic heterocycles. The molecular weight excluding hydrogens is 383 g/mol. The average molecular weight is 400 g/mol. The quantitative estimate of drug-likeness (QED) is 0.749. The van der Waals surface area contributed by atoms with Crippen LogP contribution < -0.4 is 4.74 Å². The minimum Gasteiger partial charge on any atom is -0.496 e. The Hall–Kier alpha value is -1.31. The van der Waals surface area contributed by atoms with Crippen LogP contribution in [0, 0.1) is 0 Å². The third kappa shape index (κ3) is 3.30. The smallest absolute Gasteiger partial charge is 0.131 e. The fourth-order valence-electron chi connectivity index (χ4n) is 2.21. The summed E-state index contributed by atoms with van der Waals surface area (Å²) in [6.07, 6.45) is 5.15. The van der Waals surface area contributed by atoms with Crippen molar-refractivity contribution in [1.82, 2.24) is 0 Å². The lowest BCUT2D eigenvalue weighted by Gasteiger charge is -2.22. The summed E-state index contributed by atoms with van der Waals surface area (Å²) in [5.74, 6) is 1.10. The Morgan fingerprint density at radius 2 is 1.86 bits per heavy atom. The van der Waals surface area contributed by atoms with Gasteiger partial charge < -0.3 is 19.7 Å². The second kappa shape index (κ2) is 7.11. The maximum Gasteiger partial charge on any atom is 0.131 e. The first-order chi connectivity index (χ1) is 10.1. The van der Waals surface area contributed by atoms with E-state index in [0.717, 1.165) is 0 Å². The van der Waals surface area contributed by atoms with Crippen LogP contribution in [0.25, 0.3) is 0 Å². The molecule has 112 valence electrons. The first kappa shape index (κ1) is 16.1. The van der Waals surface area contributed by atoms with Crippen molar-refractivity contribution >= 4 is 22.6 Å². The van der Waals surface area contributed by atoms with Crippen LogP contribution in [-0.2, 0) is 4.74 Å². The second-order valence-corrected chi connectivity index (χ2v) is 5.63. The zero-order valence-electron chi connectivity index (χ0n) is 11.8. The highest BCUT2D eigenvalue weighted by Gasteiger charge is 2.25. The van der Waals surface area contributed by atoms with Crippen molar-refractivity contribution in [2.75, 3.05) is 14.2 Å². The Bertz CT molecular complexity index is 604. The molecule has 0 heterocycles. The van der Waals surface area contributed by atoms with Gasteiger partial charge in [-0.2, -0.15) is 0 Å². The number of benzene rings is 1. The van der Waals surface area contributed by atoms with E-state index in [1.807, 2.05) is 22.6 Å². The zero-order chi connectivity index (χ0) is 15.4. The van der Waals surface area contributed by atoms with E-state index in [0.29, 0.717) is 26.2 Å². The van der Waals surface area contributed by atoms with Crippen molar-refractivity contribution in [2.24, 2.45) is 0 Å². The van der Waals surface area contributed by atoms with E-state index in [2.05, 4.69) is 0 Å². The molecule has 0 saturated carbocycles. The average Bonchev–Trinajstić information content (AvgIpc) is 2.52. The molecule has 2 rings (SSSR count). The SMILES string of the molecule is COC1=C(/I)C(O)c2c(OC)cccc2C(O)/C=C/C=C\1. The summed E-state index contributed by atoms with van der Waals surface area (Å²) >= 11 is 2.05. The van der Waals surface area contributed by atoms with Gasteiger partial charge in [-0.05, 0) is 40.3 Å². The summed E-state index contributed by atoms with van der Waals surface area (Å²) in [5, 5.41) is 21.0. The standard InChI is InChI=1S/C16H17IO4/c1-20-12-9-5-6-10-11(18)7-3-4-8-13(21-2)15(17)16(19)14(10)12/h3-9,11,16,18-19H,1-2H3/b7-3+,8-4-,15-13+. The second-order valence-electron chi connectivity index (χ2n) is 4.47. The van der Waals surface area contributed by atoms with E-state index in [4.69, 9.17) is 9.47 Å². The minimum absolute atomic E-state index is 0.529. The molecular formula is C16H17IO4. The van der Waals surface area contributed by atoms with Crippen molar-refractivity contribution in [3.05, 3.63) is 63.0 Å². The summed E-state index contributed by atoms with van der Waals surface area (Å²) in [5.41, 5.74) is 1.16. The molecule has 0 saturated heterocycles. The number of fused-ring (bicyclic) bond motifs is 1. The minimum atomic E-state index is -0.933. The Kier molecular flexibility index (Phi) is 5.44. The van der Waals surface area contributed by atoms with E-state index in [9.17, 15) is 10.2 Å². The van der Waals surface area contributed by atoms with Crippen LogP contribution in [0.3, 0.4) is 0 Å². The zero-order valence-corrected chi connectivity index (χ0v) is 13.9. The lowest BCUT2D eigenvalue weighted by Crippen LogP contribution is -2.09. The number of hydrogen-bond acceptors (Lipinski definition) is 4. The summed E-state index contributed by atoms with van der Waals surface area (Å²) in [4.78, 5) is 0. The molecule has 0 bridgehead atoms. The molecule has 2 N–H and O–H groups in total. The van der Waals surface area contributed by atoms with Crippen LogP contribution in [0.1, 0.15) is 23.3 Å². The first-order valence-electron chi connectivity index (χ1n) is 6.41. The van der Waals surface area contributed by atoms with Crippen LogP contribution >= 0.6 is 22.6 Å². The van der Waals surface area contributed by atoms with Gasteiger partial charge in [0.25, 0.3) is 0 Å². The monoisotopic (exact) mass is 400 g/mol. The maximum absolute atomic E-state index is 10.7. The summed E-state index contributed by atoms with van der Waals surface area (Å²) in [7, 11) is 3.09. The number of aliphatic hydroxyl groups is 2. The van der Waals surface area contributed by atoms with E-state index in [1.165, 1.54) is 7.11 Å². The normalized spacial score (nSPS) is 28.4. The molecule has 2 atom stereocenters. The van der Waals surface area contributed by atoms with E-state index in [1.54, 1.807) is 49.6 Å². The molecule has 5 heteroatoms. The molecule has 0 fully saturated rings. The maximum atomic E-state index is 10.7. The highest BCUT2D eigenvalue weighted by molar-refractivity contribution is 14.1. The van der Waals surface area contributed by atoms with Gasteiger partial charge >= 0.3 is 0 Å². The number of aliphatic hydroxyl groups excluding tert-OH is 2. The van der Waals surface area contributed by atoms with Gasteiger partial charge in [0.15, 0.2) is 0 Å². The van der Waals surface area contributed by atoms with Crippen molar-refractivity contribution in [3.8, 4) is 5.75 Å². The molecule has 4 nitrogen and oxygen atoms in total. The first-order valence-corrected chi connectivity index (χ1v) is 7.49. The molecule has 0 spiro atoms. The predicted octanol–water partition coefficient (Wildman–Crippen LogP) is 3.18. The summed E-state index contributed by atoms with van der Waals surface area (Å²) in [6.45, 7) is 0. The molecule has 1 aliphatic rings. The molecule has 1 aliphatic carbocycles. The molecule has 2 unspecified atom stereocenters. The molecule has 0 amide bonds. The van der Waals surface area contributed by atoms with Crippen LogP contribution in [0.15, 0.2) is 51.8 Å². The molecule has 0 aromatic heterocycles. The van der Waals surface area contributed by atoms with Gasteiger partial charge in [0.1, 0.15) is 17.6 Å². The Balaban J connectivity index is 2.70. The number of rotatable bonds is 2. The van der Waals surface area contributed by atoms with Gasteiger partial charge in [-0.25, -0.2) is 0 Å². The highest BCUT2D eigenvalue weighted by atomic mass is 127. The predicted molar refractivity (Wildman–Crippen MR) is 89.2 cm³/mol. The number of hydrogen-bond donors (Lipinski definition) is 2. The molecule has 21 heavy (non-hydrogen) atoms. The number of methoxy groups -OCH3 is 2. The Labute approximate surface area is 137 Å². The number of ether oxygens (including phenoxy) is 2. The van der Waals surface area contributed by atoms with Crippen LogP contribution in [-0.4, -0.2) is 24.4 Å². The highest BCUT2D eigenvalue weighted by Crippen LogP contribution is 2.40. The van der Waals surface area contributed by atoms with Crippen molar-refractivity contribution in [3.63, 3.8) is 0 Å². The van der Waals surface area contributed by atoms with Crippen LogP contribution in [0.4, 0.5) is 0 Å². The Morgan fingerprint density at radius 1 is 1.10 bits per heavy atom.